The molecule has 1 aliphatic rings. The number of halogens is 4. The van der Waals surface area contributed by atoms with Gasteiger partial charge >= 0.3 is 6.18 Å². The quantitative estimate of drug-likeness (QED) is 0.565. The van der Waals surface area contributed by atoms with E-state index in [2.05, 4.69) is 5.32 Å². The smallest absolute Gasteiger partial charge is 0.310 e. The van der Waals surface area contributed by atoms with Crippen LogP contribution in [0.4, 0.5) is 17.6 Å². The van der Waals surface area contributed by atoms with Crippen molar-refractivity contribution in [2.75, 3.05) is 13.1 Å². The van der Waals surface area contributed by atoms with E-state index >= 15 is 0 Å². The monoisotopic (exact) mass is 157 g/mol. The molecule has 1 nitrogen and oxygen atoms in total. The highest BCUT2D eigenvalue weighted by molar-refractivity contribution is 4.94. The van der Waals surface area contributed by atoms with Gasteiger partial charge in [0.1, 0.15) is 5.67 Å². The van der Waals surface area contributed by atoms with E-state index in [1.54, 1.807) is 0 Å². The van der Waals surface area contributed by atoms with E-state index in [9.17, 15) is 17.6 Å². The fourth-order valence-corrected chi connectivity index (χ4v) is 0.881. The normalized spacial score (nSPS) is 24.0. The minimum Gasteiger partial charge on any atom is -0.310 e. The van der Waals surface area contributed by atoms with Crippen LogP contribution in [-0.2, 0) is 0 Å². The van der Waals surface area contributed by atoms with E-state index < -0.39 is 18.3 Å². The predicted octanol–water partition coefficient (Wildman–Crippen LogP) is 1.25. The first-order chi connectivity index (χ1) is 4.41. The summed E-state index contributed by atoms with van der Waals surface area (Å²) in [5.74, 6) is 0. The van der Waals surface area contributed by atoms with Gasteiger partial charge in [-0.05, 0) is 0 Å². The summed E-state index contributed by atoms with van der Waals surface area (Å²) in [5, 5.41) is 2.45. The lowest BCUT2D eigenvalue weighted by molar-refractivity contribution is -0.168. The lowest BCUT2D eigenvalue weighted by atomic mass is 9.95. The van der Waals surface area contributed by atoms with Crippen LogP contribution in [0.1, 0.15) is 6.42 Å². The van der Waals surface area contributed by atoms with Gasteiger partial charge in [-0.3, -0.25) is 0 Å². The molecule has 0 amide bonds. The van der Waals surface area contributed by atoms with E-state index in [4.69, 9.17) is 0 Å². The molecule has 1 rings (SSSR count). The van der Waals surface area contributed by atoms with Crippen molar-refractivity contribution in [2.45, 2.75) is 18.3 Å². The largest absolute Gasteiger partial charge is 0.392 e. The van der Waals surface area contributed by atoms with Crippen molar-refractivity contribution >= 4 is 0 Å². The molecule has 0 aliphatic carbocycles. The first kappa shape index (κ1) is 7.78. The Morgan fingerprint density at radius 3 is 1.90 bits per heavy atom. The van der Waals surface area contributed by atoms with Crippen molar-refractivity contribution in [3.63, 3.8) is 0 Å². The Morgan fingerprint density at radius 2 is 1.80 bits per heavy atom. The van der Waals surface area contributed by atoms with Gasteiger partial charge in [-0.15, -0.1) is 0 Å². The molecule has 0 bridgehead atoms. The van der Waals surface area contributed by atoms with Gasteiger partial charge in [0.15, 0.2) is 0 Å². The minimum absolute atomic E-state index is 0.174. The van der Waals surface area contributed by atoms with Gasteiger partial charge in [0.05, 0.1) is 6.42 Å². The van der Waals surface area contributed by atoms with Crippen LogP contribution in [0, 0.1) is 0 Å². The zero-order chi connectivity index (χ0) is 7.83. The Hall–Kier alpha value is -0.320. The molecule has 1 heterocycles. The molecule has 0 unspecified atom stereocenters. The molecule has 0 aromatic rings. The van der Waals surface area contributed by atoms with Crippen LogP contribution in [0.2, 0.25) is 0 Å². The average molecular weight is 157 g/mol. The molecule has 1 fully saturated rings. The molecular weight excluding hydrogens is 150 g/mol. The molecule has 0 radical (unpaired) electrons. The molecule has 5 heteroatoms. The molecule has 1 N–H and O–H groups in total. The molecule has 0 aromatic carbocycles. The van der Waals surface area contributed by atoms with Gasteiger partial charge in [0.25, 0.3) is 0 Å². The van der Waals surface area contributed by atoms with Crippen LogP contribution >= 0.6 is 0 Å². The second-order valence-corrected chi connectivity index (χ2v) is 2.55. The maximum Gasteiger partial charge on any atom is 0.392 e. The zero-order valence-corrected chi connectivity index (χ0v) is 5.13. The number of hydrogen-bond donors (Lipinski definition) is 1. The number of hydrogen-bond acceptors (Lipinski definition) is 1. The van der Waals surface area contributed by atoms with Crippen LogP contribution in [0.25, 0.3) is 0 Å². The van der Waals surface area contributed by atoms with Crippen LogP contribution in [0.15, 0.2) is 0 Å². The summed E-state index contributed by atoms with van der Waals surface area (Å²) in [6, 6.07) is 0. The van der Waals surface area contributed by atoms with E-state index in [-0.39, 0.29) is 13.1 Å². The van der Waals surface area contributed by atoms with E-state index in [1.807, 2.05) is 0 Å². The summed E-state index contributed by atoms with van der Waals surface area (Å²) in [5.41, 5.74) is -2.03. The van der Waals surface area contributed by atoms with Crippen LogP contribution in [0.5, 0.6) is 0 Å². The van der Waals surface area contributed by atoms with E-state index in [1.165, 1.54) is 0 Å². The maximum absolute atomic E-state index is 12.6. The summed E-state index contributed by atoms with van der Waals surface area (Å²) in [6.07, 6.45) is -5.70. The number of rotatable bonds is 1. The van der Waals surface area contributed by atoms with Crippen molar-refractivity contribution in [2.24, 2.45) is 0 Å². The fraction of sp³-hybridized carbons (Fsp3) is 1.00. The Kier molecular flexibility index (Phi) is 1.62. The second kappa shape index (κ2) is 2.08. The van der Waals surface area contributed by atoms with Gasteiger partial charge in [-0.1, -0.05) is 0 Å². The Bertz CT molecular complexity index is 126. The number of nitrogens with one attached hydrogen (secondary N) is 1. The SMILES string of the molecule is FC(F)(F)CC1(F)CNC1. The first-order valence-electron chi connectivity index (χ1n) is 2.88. The van der Waals surface area contributed by atoms with Gasteiger partial charge in [-0.2, -0.15) is 13.2 Å². The van der Waals surface area contributed by atoms with Crippen molar-refractivity contribution < 1.29 is 17.6 Å². The van der Waals surface area contributed by atoms with Crippen LogP contribution in [-0.4, -0.2) is 24.9 Å². The van der Waals surface area contributed by atoms with Gasteiger partial charge < -0.3 is 5.32 Å². The number of alkyl halides is 4. The van der Waals surface area contributed by atoms with Crippen LogP contribution < -0.4 is 5.32 Å². The lowest BCUT2D eigenvalue weighted by Crippen LogP contribution is -2.58. The minimum atomic E-state index is -4.38. The average Bonchev–Trinajstić information content (AvgIpc) is 1.57. The molecule has 1 aliphatic heterocycles. The second-order valence-electron chi connectivity index (χ2n) is 2.55. The molecule has 0 spiro atoms. The fourth-order valence-electron chi connectivity index (χ4n) is 0.881. The Labute approximate surface area is 55.4 Å². The Balaban J connectivity index is 2.37. The molecule has 0 saturated carbocycles. The molecule has 0 atom stereocenters. The molecule has 60 valence electrons. The Morgan fingerprint density at radius 1 is 1.30 bits per heavy atom. The third-order valence-corrected chi connectivity index (χ3v) is 1.40. The molecule has 0 aromatic heterocycles. The summed E-state index contributed by atoms with van der Waals surface area (Å²) in [6.45, 7) is -0.348. The molecular formula is C5H7F4N. The predicted molar refractivity (Wildman–Crippen MR) is 27.4 cm³/mol. The van der Waals surface area contributed by atoms with E-state index in [0.29, 0.717) is 0 Å². The molecule has 10 heavy (non-hydrogen) atoms. The van der Waals surface area contributed by atoms with Gasteiger partial charge in [0, 0.05) is 13.1 Å². The zero-order valence-electron chi connectivity index (χ0n) is 5.13. The van der Waals surface area contributed by atoms with Gasteiger partial charge in [0.2, 0.25) is 0 Å². The lowest BCUT2D eigenvalue weighted by Gasteiger charge is -2.35. The van der Waals surface area contributed by atoms with Crippen molar-refractivity contribution in [3.8, 4) is 0 Å². The van der Waals surface area contributed by atoms with Crippen molar-refractivity contribution in [1.82, 2.24) is 5.32 Å². The highest BCUT2D eigenvalue weighted by Crippen LogP contribution is 2.32. The third kappa shape index (κ3) is 1.83. The highest BCUT2D eigenvalue weighted by Gasteiger charge is 2.46. The first-order valence-corrected chi connectivity index (χ1v) is 2.88. The van der Waals surface area contributed by atoms with E-state index in [0.717, 1.165) is 0 Å². The standard InChI is InChI=1S/C5H7F4N/c6-4(2-10-3-4)1-5(7,8)9/h10H,1-3H2. The topological polar surface area (TPSA) is 12.0 Å². The van der Waals surface area contributed by atoms with Crippen molar-refractivity contribution in [3.05, 3.63) is 0 Å². The summed E-state index contributed by atoms with van der Waals surface area (Å²) in [7, 11) is 0. The van der Waals surface area contributed by atoms with Crippen LogP contribution in [0.3, 0.4) is 0 Å². The highest BCUT2D eigenvalue weighted by atomic mass is 19.4. The summed E-state index contributed by atoms with van der Waals surface area (Å²) >= 11 is 0. The summed E-state index contributed by atoms with van der Waals surface area (Å²) in [4.78, 5) is 0. The van der Waals surface area contributed by atoms with Gasteiger partial charge in [-0.25, -0.2) is 4.39 Å². The molecule has 1 saturated heterocycles. The summed E-state index contributed by atoms with van der Waals surface area (Å²) < 4.78 is 47.1. The third-order valence-electron chi connectivity index (χ3n) is 1.40. The maximum atomic E-state index is 12.6. The van der Waals surface area contributed by atoms with Crippen molar-refractivity contribution in [1.29, 1.82) is 0 Å².